The minimum Gasteiger partial charge on any atom is -0.384 e. The van der Waals surface area contributed by atoms with Crippen LogP contribution in [0.25, 0.3) is 0 Å². The van der Waals surface area contributed by atoms with E-state index in [9.17, 15) is 23.2 Å². The Hall–Kier alpha value is -2.97. The summed E-state index contributed by atoms with van der Waals surface area (Å²) >= 11 is 0. The first-order valence-electron chi connectivity index (χ1n) is 6.95. The predicted molar refractivity (Wildman–Crippen MR) is 85.1 cm³/mol. The molecule has 7 nitrogen and oxygen atoms in total. The number of benzene rings is 1. The van der Waals surface area contributed by atoms with E-state index in [4.69, 9.17) is 5.73 Å². The topological polar surface area (TPSA) is 99.1 Å². The van der Waals surface area contributed by atoms with Gasteiger partial charge in [0.25, 0.3) is 5.56 Å². The Kier molecular flexibility index (Phi) is 4.54. The number of halogens is 2. The number of carbonyl (C=O) groups excluding carboxylic acids is 1. The van der Waals surface area contributed by atoms with Gasteiger partial charge in [0.05, 0.1) is 6.04 Å². The summed E-state index contributed by atoms with van der Waals surface area (Å²) in [5, 5.41) is 2.61. The van der Waals surface area contributed by atoms with E-state index in [0.29, 0.717) is 6.07 Å². The van der Waals surface area contributed by atoms with Crippen molar-refractivity contribution >= 4 is 17.3 Å². The molecular weight excluding hydrogens is 322 g/mol. The Morgan fingerprint density at radius 2 is 1.67 bits per heavy atom. The van der Waals surface area contributed by atoms with E-state index < -0.39 is 34.7 Å². The Labute approximate surface area is 135 Å². The highest BCUT2D eigenvalue weighted by Gasteiger charge is 2.24. The third-order valence-electron chi connectivity index (χ3n) is 3.60. The summed E-state index contributed by atoms with van der Waals surface area (Å²) in [5.41, 5.74) is 3.89. The van der Waals surface area contributed by atoms with Gasteiger partial charge >= 0.3 is 5.69 Å². The van der Waals surface area contributed by atoms with Gasteiger partial charge in [-0.05, 0) is 19.1 Å². The average Bonchev–Trinajstić information content (AvgIpc) is 2.50. The molecule has 2 aromatic rings. The van der Waals surface area contributed by atoms with Crippen molar-refractivity contribution < 1.29 is 13.6 Å². The van der Waals surface area contributed by atoms with Gasteiger partial charge in [0.2, 0.25) is 0 Å². The number of nitrogens with one attached hydrogen (secondary N) is 1. The second kappa shape index (κ2) is 6.26. The zero-order chi connectivity index (χ0) is 18.2. The number of nitrogens with zero attached hydrogens (tertiary/aromatic N) is 2. The van der Waals surface area contributed by atoms with Crippen LogP contribution >= 0.6 is 0 Å². The maximum atomic E-state index is 13.2. The average molecular weight is 338 g/mol. The van der Waals surface area contributed by atoms with Crippen molar-refractivity contribution in [2.45, 2.75) is 13.0 Å². The first kappa shape index (κ1) is 17.4. The molecule has 2 rings (SSSR count). The smallest absolute Gasteiger partial charge is 0.332 e. The molecule has 0 fully saturated rings. The number of ketones is 1. The number of Topliss-reactive ketones (excluding diaryl/α,β-unsaturated/α-hetero) is 1. The number of aromatic nitrogens is 2. The van der Waals surface area contributed by atoms with E-state index in [1.807, 2.05) is 0 Å². The van der Waals surface area contributed by atoms with Crippen molar-refractivity contribution in [3.05, 3.63) is 56.2 Å². The largest absolute Gasteiger partial charge is 0.384 e. The molecule has 0 amide bonds. The summed E-state index contributed by atoms with van der Waals surface area (Å²) in [7, 11) is 2.55. The maximum Gasteiger partial charge on any atom is 0.332 e. The fourth-order valence-corrected chi connectivity index (χ4v) is 2.26. The fraction of sp³-hybridized carbons (Fsp3) is 0.267. The molecule has 0 spiro atoms. The van der Waals surface area contributed by atoms with Crippen molar-refractivity contribution in [3.8, 4) is 0 Å². The molecule has 0 saturated heterocycles. The van der Waals surface area contributed by atoms with Gasteiger partial charge in [0.15, 0.2) is 5.78 Å². The Balaban J connectivity index is 2.42. The number of hydrogen-bond acceptors (Lipinski definition) is 5. The third-order valence-corrected chi connectivity index (χ3v) is 3.60. The molecule has 128 valence electrons. The molecule has 1 aromatic heterocycles. The van der Waals surface area contributed by atoms with Gasteiger partial charge in [0, 0.05) is 25.8 Å². The summed E-state index contributed by atoms with van der Waals surface area (Å²) in [6, 6.07) is 1.71. The van der Waals surface area contributed by atoms with Crippen molar-refractivity contribution in [3.63, 3.8) is 0 Å². The van der Waals surface area contributed by atoms with Gasteiger partial charge in [0.1, 0.15) is 23.0 Å². The van der Waals surface area contributed by atoms with Crippen molar-refractivity contribution in [1.82, 2.24) is 9.13 Å². The molecule has 0 aliphatic rings. The molecule has 1 heterocycles. The molecule has 0 bridgehead atoms. The summed E-state index contributed by atoms with van der Waals surface area (Å²) in [6.45, 7) is 1.41. The molecule has 0 aliphatic heterocycles. The lowest BCUT2D eigenvalue weighted by atomic mass is 10.1. The van der Waals surface area contributed by atoms with Crippen LogP contribution in [0.4, 0.5) is 20.3 Å². The fourth-order valence-electron chi connectivity index (χ4n) is 2.26. The van der Waals surface area contributed by atoms with Crippen LogP contribution in [0.2, 0.25) is 0 Å². The molecule has 1 atom stereocenters. The van der Waals surface area contributed by atoms with E-state index in [0.717, 1.165) is 21.3 Å². The summed E-state index contributed by atoms with van der Waals surface area (Å²) < 4.78 is 28.1. The lowest BCUT2D eigenvalue weighted by Crippen LogP contribution is -2.43. The molecule has 1 aromatic carbocycles. The highest BCUT2D eigenvalue weighted by molar-refractivity contribution is 6.04. The van der Waals surface area contributed by atoms with Gasteiger partial charge in [-0.2, -0.15) is 0 Å². The highest BCUT2D eigenvalue weighted by Crippen LogP contribution is 2.16. The molecular formula is C15H16F2N4O3. The normalized spacial score (nSPS) is 12.0. The van der Waals surface area contributed by atoms with Gasteiger partial charge < -0.3 is 11.1 Å². The molecule has 0 saturated carbocycles. The van der Waals surface area contributed by atoms with E-state index in [1.54, 1.807) is 0 Å². The summed E-state index contributed by atoms with van der Waals surface area (Å²) in [5.74, 6) is -2.59. The summed E-state index contributed by atoms with van der Waals surface area (Å²) in [6.07, 6.45) is 0. The number of carbonyl (C=O) groups is 1. The van der Waals surface area contributed by atoms with Crippen LogP contribution in [0.15, 0.2) is 27.8 Å². The molecule has 0 aliphatic carbocycles. The standard InChI is InChI=1S/C15H16F2N4O3/c1-7(19-10-5-8(16)4-9(17)6-10)12(22)11-13(18)20(2)15(24)21(3)14(11)23/h4-7,19H,18H2,1-3H3/t7-/m0/s1. The van der Waals surface area contributed by atoms with Gasteiger partial charge in [-0.15, -0.1) is 0 Å². The lowest BCUT2D eigenvalue weighted by Gasteiger charge is -2.17. The van der Waals surface area contributed by atoms with Crippen molar-refractivity contribution in [2.75, 3.05) is 11.1 Å². The van der Waals surface area contributed by atoms with Gasteiger partial charge in [-0.25, -0.2) is 13.6 Å². The number of nitrogen functional groups attached to an aromatic ring is 1. The second-order valence-electron chi connectivity index (χ2n) is 5.35. The van der Waals surface area contributed by atoms with E-state index in [2.05, 4.69) is 5.32 Å². The van der Waals surface area contributed by atoms with Gasteiger partial charge in [-0.1, -0.05) is 0 Å². The van der Waals surface area contributed by atoms with Crippen LogP contribution < -0.4 is 22.3 Å². The quantitative estimate of drug-likeness (QED) is 0.797. The Morgan fingerprint density at radius 1 is 1.12 bits per heavy atom. The Bertz CT molecular complexity index is 913. The van der Waals surface area contributed by atoms with E-state index in [-0.39, 0.29) is 17.1 Å². The first-order valence-corrected chi connectivity index (χ1v) is 6.95. The van der Waals surface area contributed by atoms with Crippen LogP contribution in [0.1, 0.15) is 17.3 Å². The number of rotatable bonds is 4. The molecule has 3 N–H and O–H groups in total. The number of nitrogens with two attached hydrogens (primary N) is 1. The minimum absolute atomic E-state index is 0.0357. The van der Waals surface area contributed by atoms with Gasteiger partial charge in [-0.3, -0.25) is 18.7 Å². The molecule has 0 radical (unpaired) electrons. The lowest BCUT2D eigenvalue weighted by molar-refractivity contribution is 0.0973. The number of hydrogen-bond donors (Lipinski definition) is 2. The second-order valence-corrected chi connectivity index (χ2v) is 5.35. The monoisotopic (exact) mass is 338 g/mol. The van der Waals surface area contributed by atoms with Crippen LogP contribution in [-0.4, -0.2) is 21.0 Å². The first-order chi connectivity index (χ1) is 11.1. The highest BCUT2D eigenvalue weighted by atomic mass is 19.1. The van der Waals surface area contributed by atoms with Crippen molar-refractivity contribution in [1.29, 1.82) is 0 Å². The van der Waals surface area contributed by atoms with Crippen LogP contribution in [0.3, 0.4) is 0 Å². The molecule has 0 unspecified atom stereocenters. The minimum atomic E-state index is -1.00. The summed E-state index contributed by atoms with van der Waals surface area (Å²) in [4.78, 5) is 36.4. The zero-order valence-corrected chi connectivity index (χ0v) is 13.3. The van der Waals surface area contributed by atoms with Crippen molar-refractivity contribution in [2.24, 2.45) is 14.1 Å². The van der Waals surface area contributed by atoms with Crippen LogP contribution in [-0.2, 0) is 14.1 Å². The number of anilines is 2. The van der Waals surface area contributed by atoms with E-state index >= 15 is 0 Å². The van der Waals surface area contributed by atoms with Crippen LogP contribution in [0.5, 0.6) is 0 Å². The van der Waals surface area contributed by atoms with E-state index in [1.165, 1.54) is 21.0 Å². The maximum absolute atomic E-state index is 13.2. The molecule has 9 heteroatoms. The Morgan fingerprint density at radius 3 is 2.21 bits per heavy atom. The van der Waals surface area contributed by atoms with Crippen LogP contribution in [0, 0.1) is 11.6 Å². The molecule has 24 heavy (non-hydrogen) atoms. The SMILES string of the molecule is C[C@H](Nc1cc(F)cc(F)c1)C(=O)c1c(N)n(C)c(=O)n(C)c1=O. The predicted octanol–water partition coefficient (Wildman–Crippen LogP) is 0.628. The zero-order valence-electron chi connectivity index (χ0n) is 13.3. The third kappa shape index (κ3) is 3.05.